The number of hydrogen-bond acceptors (Lipinski definition) is 3. The maximum Gasteiger partial charge on any atom is 0.342 e. The molecule has 2 atom stereocenters. The summed E-state index contributed by atoms with van der Waals surface area (Å²) in [5, 5.41) is 8.95. The summed E-state index contributed by atoms with van der Waals surface area (Å²) in [6.07, 6.45) is 3.95. The lowest BCUT2D eigenvalue weighted by Gasteiger charge is -2.32. The van der Waals surface area contributed by atoms with E-state index in [1.54, 1.807) is 0 Å². The van der Waals surface area contributed by atoms with Gasteiger partial charge in [-0.15, -0.1) is 0 Å². The summed E-state index contributed by atoms with van der Waals surface area (Å²) >= 11 is 0. The van der Waals surface area contributed by atoms with Crippen LogP contribution in [-0.4, -0.2) is 20.6 Å². The fourth-order valence-corrected chi connectivity index (χ4v) is 3.04. The highest BCUT2D eigenvalue weighted by atomic mass is 16.4. The zero-order valence-corrected chi connectivity index (χ0v) is 11.0. The fourth-order valence-electron chi connectivity index (χ4n) is 3.04. The number of H-pyrrole nitrogens is 1. The molecule has 1 aliphatic carbocycles. The number of nitrogens with one attached hydrogen (secondary N) is 1. The molecule has 0 aliphatic heterocycles. The summed E-state index contributed by atoms with van der Waals surface area (Å²) in [4.78, 5) is 36.3. The van der Waals surface area contributed by atoms with Gasteiger partial charge in [-0.2, -0.15) is 0 Å². The van der Waals surface area contributed by atoms with Crippen LogP contribution in [0.25, 0.3) is 0 Å². The van der Waals surface area contributed by atoms with Gasteiger partial charge in [-0.3, -0.25) is 14.3 Å². The summed E-state index contributed by atoms with van der Waals surface area (Å²) in [6.45, 7) is 4.25. The number of carbonyl (C=O) groups is 1. The topological polar surface area (TPSA) is 92.2 Å². The Morgan fingerprint density at radius 2 is 1.84 bits per heavy atom. The molecule has 6 heteroatoms. The summed E-state index contributed by atoms with van der Waals surface area (Å²) in [5.74, 6) is -0.339. The van der Waals surface area contributed by atoms with Gasteiger partial charge in [0.05, 0.1) is 0 Å². The number of nitrogens with zero attached hydrogens (tertiary/aromatic N) is 1. The molecule has 2 N–H and O–H groups in total. The number of carboxylic acid groups (broad SMARTS) is 1. The van der Waals surface area contributed by atoms with Crippen LogP contribution < -0.4 is 11.2 Å². The minimum atomic E-state index is -1.31. The van der Waals surface area contributed by atoms with E-state index in [-0.39, 0.29) is 11.6 Å². The largest absolute Gasteiger partial charge is 0.477 e. The molecule has 0 bridgehead atoms. The zero-order valence-electron chi connectivity index (χ0n) is 11.0. The van der Waals surface area contributed by atoms with E-state index in [0.717, 1.165) is 19.3 Å². The van der Waals surface area contributed by atoms with E-state index < -0.39 is 17.2 Å². The molecule has 1 heterocycles. The SMILES string of the molecule is CC1CC(C)CC(n2cc(C(=O)O)c(=O)[nH]c2=O)C1. The second kappa shape index (κ2) is 5.03. The van der Waals surface area contributed by atoms with Gasteiger partial charge in [0, 0.05) is 12.2 Å². The van der Waals surface area contributed by atoms with Crippen LogP contribution in [0.3, 0.4) is 0 Å². The molecule has 104 valence electrons. The number of aromatic amines is 1. The Hall–Kier alpha value is -1.85. The van der Waals surface area contributed by atoms with E-state index in [9.17, 15) is 14.4 Å². The molecule has 1 aromatic heterocycles. The Balaban J connectivity index is 2.44. The first-order valence-corrected chi connectivity index (χ1v) is 6.47. The number of hydrogen-bond donors (Lipinski definition) is 2. The first kappa shape index (κ1) is 13.6. The Morgan fingerprint density at radius 3 is 2.37 bits per heavy atom. The van der Waals surface area contributed by atoms with E-state index in [1.807, 2.05) is 0 Å². The maximum atomic E-state index is 11.8. The van der Waals surface area contributed by atoms with Crippen molar-refractivity contribution in [2.45, 2.75) is 39.2 Å². The van der Waals surface area contributed by atoms with E-state index in [0.29, 0.717) is 11.8 Å². The summed E-state index contributed by atoms with van der Waals surface area (Å²) in [6, 6.07) is -0.0406. The molecule has 1 fully saturated rings. The first-order valence-electron chi connectivity index (χ1n) is 6.47. The molecular weight excluding hydrogens is 248 g/mol. The Morgan fingerprint density at radius 1 is 1.26 bits per heavy atom. The monoisotopic (exact) mass is 266 g/mol. The Kier molecular flexibility index (Phi) is 3.59. The van der Waals surface area contributed by atoms with Crippen molar-refractivity contribution in [2.24, 2.45) is 11.8 Å². The van der Waals surface area contributed by atoms with Gasteiger partial charge in [-0.05, 0) is 31.1 Å². The van der Waals surface area contributed by atoms with Crippen LogP contribution in [0.1, 0.15) is 49.5 Å². The molecule has 19 heavy (non-hydrogen) atoms. The number of carboxylic acids is 1. The van der Waals surface area contributed by atoms with Crippen molar-refractivity contribution in [3.8, 4) is 0 Å². The Labute approximate surface area is 110 Å². The zero-order chi connectivity index (χ0) is 14.2. The normalized spacial score (nSPS) is 27.2. The number of rotatable bonds is 2. The lowest BCUT2D eigenvalue weighted by Crippen LogP contribution is -2.37. The quantitative estimate of drug-likeness (QED) is 0.842. The summed E-state index contributed by atoms with van der Waals surface area (Å²) in [7, 11) is 0. The minimum Gasteiger partial charge on any atom is -0.477 e. The number of aromatic carboxylic acids is 1. The van der Waals surface area contributed by atoms with Gasteiger partial charge < -0.3 is 5.11 Å². The molecule has 6 nitrogen and oxygen atoms in total. The highest BCUT2D eigenvalue weighted by Crippen LogP contribution is 2.34. The molecule has 2 rings (SSSR count). The average Bonchev–Trinajstić information content (AvgIpc) is 2.26. The van der Waals surface area contributed by atoms with Crippen molar-refractivity contribution in [1.29, 1.82) is 0 Å². The molecule has 0 radical (unpaired) electrons. The second-order valence-electron chi connectivity index (χ2n) is 5.59. The van der Waals surface area contributed by atoms with E-state index in [4.69, 9.17) is 5.11 Å². The standard InChI is InChI=1S/C13H18N2O4/c1-7-3-8(2)5-9(4-7)15-6-10(12(17)18)11(16)14-13(15)19/h6-9H,3-5H2,1-2H3,(H,17,18)(H,14,16,19). The predicted octanol–water partition coefficient (Wildman–Crippen LogP) is 1.23. The molecular formula is C13H18N2O4. The highest BCUT2D eigenvalue weighted by molar-refractivity contribution is 5.86. The lowest BCUT2D eigenvalue weighted by atomic mass is 9.80. The van der Waals surface area contributed by atoms with Crippen molar-refractivity contribution >= 4 is 5.97 Å². The van der Waals surface area contributed by atoms with Crippen LogP contribution in [0.15, 0.2) is 15.8 Å². The van der Waals surface area contributed by atoms with Crippen LogP contribution >= 0.6 is 0 Å². The molecule has 1 aromatic rings. The molecule has 1 saturated carbocycles. The third-order valence-electron chi connectivity index (χ3n) is 3.75. The van der Waals surface area contributed by atoms with Gasteiger partial charge in [0.25, 0.3) is 5.56 Å². The molecule has 0 aromatic carbocycles. The average molecular weight is 266 g/mol. The van der Waals surface area contributed by atoms with Crippen molar-refractivity contribution in [2.75, 3.05) is 0 Å². The van der Waals surface area contributed by atoms with Crippen LogP contribution in [-0.2, 0) is 0 Å². The first-order chi connectivity index (χ1) is 8.88. The Bertz CT molecular complexity index is 591. The smallest absolute Gasteiger partial charge is 0.342 e. The van der Waals surface area contributed by atoms with Gasteiger partial charge in [0.1, 0.15) is 5.56 Å². The van der Waals surface area contributed by atoms with Crippen LogP contribution in [0, 0.1) is 11.8 Å². The predicted molar refractivity (Wildman–Crippen MR) is 69.5 cm³/mol. The summed E-state index contributed by atoms with van der Waals surface area (Å²) < 4.78 is 1.37. The second-order valence-corrected chi connectivity index (χ2v) is 5.59. The van der Waals surface area contributed by atoms with Crippen molar-refractivity contribution in [3.05, 3.63) is 32.6 Å². The van der Waals surface area contributed by atoms with Crippen LogP contribution in [0.4, 0.5) is 0 Å². The fraction of sp³-hybridized carbons (Fsp3) is 0.615. The van der Waals surface area contributed by atoms with E-state index >= 15 is 0 Å². The molecule has 2 unspecified atom stereocenters. The van der Waals surface area contributed by atoms with Crippen molar-refractivity contribution in [3.63, 3.8) is 0 Å². The van der Waals surface area contributed by atoms with E-state index in [2.05, 4.69) is 18.8 Å². The highest BCUT2D eigenvalue weighted by Gasteiger charge is 2.26. The van der Waals surface area contributed by atoms with Crippen LogP contribution in [0.5, 0.6) is 0 Å². The molecule has 1 aliphatic rings. The molecule has 0 amide bonds. The summed E-state index contributed by atoms with van der Waals surface area (Å²) in [5.41, 5.74) is -1.75. The molecule has 0 saturated heterocycles. The third-order valence-corrected chi connectivity index (χ3v) is 3.75. The third kappa shape index (κ3) is 2.77. The minimum absolute atomic E-state index is 0.0406. The van der Waals surface area contributed by atoms with Gasteiger partial charge in [-0.1, -0.05) is 13.8 Å². The van der Waals surface area contributed by atoms with Crippen LogP contribution in [0.2, 0.25) is 0 Å². The van der Waals surface area contributed by atoms with Gasteiger partial charge in [0.2, 0.25) is 0 Å². The van der Waals surface area contributed by atoms with Crippen molar-refractivity contribution in [1.82, 2.24) is 9.55 Å². The number of aromatic nitrogens is 2. The molecule has 0 spiro atoms. The van der Waals surface area contributed by atoms with Crippen molar-refractivity contribution < 1.29 is 9.90 Å². The maximum absolute atomic E-state index is 11.8. The van der Waals surface area contributed by atoms with Gasteiger partial charge in [-0.25, -0.2) is 9.59 Å². The van der Waals surface area contributed by atoms with Gasteiger partial charge >= 0.3 is 11.7 Å². The lowest BCUT2D eigenvalue weighted by molar-refractivity contribution is 0.0693. The van der Waals surface area contributed by atoms with Gasteiger partial charge in [0.15, 0.2) is 0 Å². The van der Waals surface area contributed by atoms with E-state index in [1.165, 1.54) is 10.8 Å².